The van der Waals surface area contributed by atoms with E-state index in [-0.39, 0.29) is 5.60 Å². The van der Waals surface area contributed by atoms with Crippen LogP contribution >= 0.6 is 0 Å². The quantitative estimate of drug-likeness (QED) is 0.884. The zero-order valence-corrected chi connectivity index (χ0v) is 13.3. The second-order valence-electron chi connectivity index (χ2n) is 6.52. The minimum Gasteiger partial charge on any atom is -0.493 e. The highest BCUT2D eigenvalue weighted by Crippen LogP contribution is 2.44. The Labute approximate surface area is 122 Å². The lowest BCUT2D eigenvalue weighted by molar-refractivity contribution is 0.0639. The van der Waals surface area contributed by atoms with E-state index in [0.717, 1.165) is 24.5 Å². The third-order valence-corrected chi connectivity index (χ3v) is 3.53. The summed E-state index contributed by atoms with van der Waals surface area (Å²) in [6, 6.07) is 6.38. The summed E-state index contributed by atoms with van der Waals surface area (Å²) < 4.78 is 11.9. The lowest BCUT2D eigenvalue weighted by Gasteiger charge is -2.39. The molecule has 3 heteroatoms. The number of hydrogen-bond donors (Lipinski definition) is 1. The van der Waals surface area contributed by atoms with Crippen LogP contribution in [0.1, 0.15) is 52.6 Å². The van der Waals surface area contributed by atoms with Crippen molar-refractivity contribution in [2.24, 2.45) is 5.92 Å². The summed E-state index contributed by atoms with van der Waals surface area (Å²) in [5.41, 5.74) is 1.03. The van der Waals surface area contributed by atoms with Gasteiger partial charge in [0.2, 0.25) is 0 Å². The van der Waals surface area contributed by atoms with Crippen LogP contribution in [-0.4, -0.2) is 18.8 Å². The zero-order valence-electron chi connectivity index (χ0n) is 13.3. The number of rotatable bonds is 5. The lowest BCUT2D eigenvalue weighted by atomic mass is 9.89. The number of ether oxygens (including phenoxy) is 2. The van der Waals surface area contributed by atoms with Gasteiger partial charge >= 0.3 is 0 Å². The molecule has 0 amide bonds. The van der Waals surface area contributed by atoms with Crippen molar-refractivity contribution in [1.82, 2.24) is 5.32 Å². The SMILES string of the molecule is CCOc1cccc2c1C(NCC(C)C)CC(C)(C)O2. The average Bonchev–Trinajstić information content (AvgIpc) is 2.35. The fourth-order valence-corrected chi connectivity index (χ4v) is 2.72. The zero-order chi connectivity index (χ0) is 14.8. The van der Waals surface area contributed by atoms with Gasteiger partial charge in [0.25, 0.3) is 0 Å². The number of fused-ring (bicyclic) bond motifs is 1. The molecule has 1 atom stereocenters. The number of benzene rings is 1. The summed E-state index contributed by atoms with van der Waals surface area (Å²) in [6.45, 7) is 12.4. The van der Waals surface area contributed by atoms with Gasteiger partial charge in [0.15, 0.2) is 0 Å². The Hall–Kier alpha value is -1.22. The maximum Gasteiger partial charge on any atom is 0.128 e. The molecule has 1 aliphatic heterocycles. The normalized spacial score (nSPS) is 20.4. The molecule has 1 aromatic carbocycles. The highest BCUT2D eigenvalue weighted by Gasteiger charge is 2.35. The molecular weight excluding hydrogens is 250 g/mol. The minimum atomic E-state index is -0.146. The number of nitrogens with one attached hydrogen (secondary N) is 1. The standard InChI is InChI=1S/C17H27NO2/c1-6-19-14-8-7-9-15-16(14)13(18-11-12(2)3)10-17(4,5)20-15/h7-9,12-13,18H,6,10-11H2,1-5H3. The van der Waals surface area contributed by atoms with Crippen molar-refractivity contribution in [2.45, 2.75) is 52.7 Å². The Balaban J connectivity index is 2.33. The summed E-state index contributed by atoms with van der Waals surface area (Å²) in [4.78, 5) is 0. The molecule has 3 nitrogen and oxygen atoms in total. The van der Waals surface area contributed by atoms with Crippen molar-refractivity contribution in [2.75, 3.05) is 13.2 Å². The molecule has 1 N–H and O–H groups in total. The molecular formula is C17H27NO2. The van der Waals surface area contributed by atoms with Gasteiger partial charge in [-0.15, -0.1) is 0 Å². The molecule has 0 fully saturated rings. The molecule has 1 aromatic rings. The van der Waals surface area contributed by atoms with Crippen molar-refractivity contribution >= 4 is 0 Å². The minimum absolute atomic E-state index is 0.146. The molecule has 2 rings (SSSR count). The van der Waals surface area contributed by atoms with Crippen LogP contribution in [0.2, 0.25) is 0 Å². The van der Waals surface area contributed by atoms with Crippen LogP contribution in [0.3, 0.4) is 0 Å². The van der Waals surface area contributed by atoms with Gasteiger partial charge in [0.1, 0.15) is 17.1 Å². The topological polar surface area (TPSA) is 30.5 Å². The van der Waals surface area contributed by atoms with E-state index in [0.29, 0.717) is 18.6 Å². The van der Waals surface area contributed by atoms with Gasteiger partial charge in [-0.25, -0.2) is 0 Å². The second kappa shape index (κ2) is 6.04. The van der Waals surface area contributed by atoms with E-state index in [2.05, 4.69) is 33.0 Å². The molecule has 0 saturated heterocycles. The fraction of sp³-hybridized carbons (Fsp3) is 0.647. The van der Waals surface area contributed by atoms with E-state index in [1.54, 1.807) is 0 Å². The van der Waals surface area contributed by atoms with Crippen LogP contribution in [-0.2, 0) is 0 Å². The highest BCUT2D eigenvalue weighted by atomic mass is 16.5. The van der Waals surface area contributed by atoms with Crippen LogP contribution in [0.15, 0.2) is 18.2 Å². The van der Waals surface area contributed by atoms with Crippen molar-refractivity contribution in [3.63, 3.8) is 0 Å². The maximum absolute atomic E-state index is 6.12. The van der Waals surface area contributed by atoms with E-state index in [4.69, 9.17) is 9.47 Å². The smallest absolute Gasteiger partial charge is 0.128 e. The third-order valence-electron chi connectivity index (χ3n) is 3.53. The predicted octanol–water partition coefficient (Wildman–Crippen LogP) is 3.93. The first-order valence-electron chi connectivity index (χ1n) is 7.61. The van der Waals surface area contributed by atoms with E-state index in [1.165, 1.54) is 5.56 Å². The van der Waals surface area contributed by atoms with Gasteiger partial charge in [0, 0.05) is 12.5 Å². The van der Waals surface area contributed by atoms with Crippen molar-refractivity contribution in [3.05, 3.63) is 23.8 Å². The Morgan fingerprint density at radius 2 is 2.15 bits per heavy atom. The van der Waals surface area contributed by atoms with E-state index in [1.807, 2.05) is 25.1 Å². The Morgan fingerprint density at radius 1 is 1.40 bits per heavy atom. The van der Waals surface area contributed by atoms with Gasteiger partial charge in [-0.3, -0.25) is 0 Å². The lowest BCUT2D eigenvalue weighted by Crippen LogP contribution is -2.40. The van der Waals surface area contributed by atoms with Gasteiger partial charge in [-0.1, -0.05) is 19.9 Å². The molecule has 0 spiro atoms. The summed E-state index contributed by atoms with van der Waals surface area (Å²) in [5, 5.41) is 3.67. The summed E-state index contributed by atoms with van der Waals surface area (Å²) in [7, 11) is 0. The monoisotopic (exact) mass is 277 g/mol. The molecule has 0 aromatic heterocycles. The van der Waals surface area contributed by atoms with Crippen LogP contribution in [0.4, 0.5) is 0 Å². The van der Waals surface area contributed by atoms with Gasteiger partial charge in [-0.05, 0) is 45.4 Å². The molecule has 1 unspecified atom stereocenters. The van der Waals surface area contributed by atoms with E-state index < -0.39 is 0 Å². The van der Waals surface area contributed by atoms with Gasteiger partial charge in [0.05, 0.1) is 12.2 Å². The maximum atomic E-state index is 6.12. The Morgan fingerprint density at radius 3 is 2.80 bits per heavy atom. The number of hydrogen-bond acceptors (Lipinski definition) is 3. The molecule has 1 aliphatic rings. The summed E-state index contributed by atoms with van der Waals surface area (Å²) in [5.74, 6) is 2.53. The Kier molecular flexibility index (Phi) is 4.59. The van der Waals surface area contributed by atoms with E-state index >= 15 is 0 Å². The summed E-state index contributed by atoms with van der Waals surface area (Å²) >= 11 is 0. The molecule has 20 heavy (non-hydrogen) atoms. The van der Waals surface area contributed by atoms with Crippen LogP contribution in [0.5, 0.6) is 11.5 Å². The highest BCUT2D eigenvalue weighted by molar-refractivity contribution is 5.48. The van der Waals surface area contributed by atoms with E-state index in [9.17, 15) is 0 Å². The Bertz CT molecular complexity index is 454. The fourth-order valence-electron chi connectivity index (χ4n) is 2.72. The van der Waals surface area contributed by atoms with Crippen LogP contribution < -0.4 is 14.8 Å². The molecule has 0 aliphatic carbocycles. The molecule has 0 radical (unpaired) electrons. The molecule has 0 saturated carbocycles. The van der Waals surface area contributed by atoms with Crippen molar-refractivity contribution in [1.29, 1.82) is 0 Å². The van der Waals surface area contributed by atoms with Gasteiger partial charge in [-0.2, -0.15) is 0 Å². The predicted molar refractivity (Wildman–Crippen MR) is 82.5 cm³/mol. The van der Waals surface area contributed by atoms with Crippen molar-refractivity contribution in [3.8, 4) is 11.5 Å². The van der Waals surface area contributed by atoms with Gasteiger partial charge < -0.3 is 14.8 Å². The molecule has 1 heterocycles. The van der Waals surface area contributed by atoms with Crippen LogP contribution in [0, 0.1) is 5.92 Å². The largest absolute Gasteiger partial charge is 0.493 e. The second-order valence-corrected chi connectivity index (χ2v) is 6.52. The first-order valence-corrected chi connectivity index (χ1v) is 7.61. The van der Waals surface area contributed by atoms with Crippen molar-refractivity contribution < 1.29 is 9.47 Å². The third kappa shape index (κ3) is 3.45. The molecule has 0 bridgehead atoms. The average molecular weight is 277 g/mol. The molecule has 112 valence electrons. The first kappa shape index (κ1) is 15.2. The van der Waals surface area contributed by atoms with Crippen LogP contribution in [0.25, 0.3) is 0 Å². The first-order chi connectivity index (χ1) is 9.43. The summed E-state index contributed by atoms with van der Waals surface area (Å²) in [6.07, 6.45) is 0.955.